The van der Waals surface area contributed by atoms with E-state index in [0.29, 0.717) is 12.5 Å². The van der Waals surface area contributed by atoms with Crippen molar-refractivity contribution in [2.75, 3.05) is 78.5 Å². The molecule has 2 aliphatic rings. The molecular formula is C20H40N6O. The molecule has 0 aliphatic carbocycles. The van der Waals surface area contributed by atoms with Crippen LogP contribution < -0.4 is 5.32 Å². The average Bonchev–Trinajstić information content (AvgIpc) is 3.22. The van der Waals surface area contributed by atoms with Crippen molar-refractivity contribution in [3.8, 4) is 0 Å². The largest absolute Gasteiger partial charge is 0.357 e. The number of rotatable bonds is 9. The highest BCUT2D eigenvalue weighted by atomic mass is 16.2. The van der Waals surface area contributed by atoms with Crippen LogP contribution in [0.25, 0.3) is 0 Å². The lowest BCUT2D eigenvalue weighted by atomic mass is 10.3. The molecular weight excluding hydrogens is 340 g/mol. The Balaban J connectivity index is 1.77. The maximum atomic E-state index is 12.3. The molecule has 2 saturated heterocycles. The summed E-state index contributed by atoms with van der Waals surface area (Å²) in [6.07, 6.45) is 3.52. The van der Waals surface area contributed by atoms with Crippen molar-refractivity contribution in [2.24, 2.45) is 4.99 Å². The first-order chi connectivity index (χ1) is 13.2. The summed E-state index contributed by atoms with van der Waals surface area (Å²) in [6.45, 7) is 17.7. The molecule has 0 aromatic rings. The van der Waals surface area contributed by atoms with Gasteiger partial charge >= 0.3 is 0 Å². The topological polar surface area (TPSA) is 54.4 Å². The van der Waals surface area contributed by atoms with Crippen LogP contribution in [0, 0.1) is 0 Å². The van der Waals surface area contributed by atoms with E-state index in [0.717, 1.165) is 90.8 Å². The van der Waals surface area contributed by atoms with Crippen molar-refractivity contribution in [2.45, 2.75) is 40.0 Å². The van der Waals surface area contributed by atoms with Gasteiger partial charge < -0.3 is 20.0 Å². The highest BCUT2D eigenvalue weighted by Gasteiger charge is 2.24. The highest BCUT2D eigenvalue weighted by Crippen LogP contribution is 2.09. The molecule has 2 aliphatic heterocycles. The molecule has 156 valence electrons. The molecule has 0 atom stereocenters. The number of likely N-dealkylation sites (tertiary alicyclic amines) is 1. The summed E-state index contributed by atoms with van der Waals surface area (Å²) >= 11 is 0. The first-order valence-electron chi connectivity index (χ1n) is 10.9. The summed E-state index contributed by atoms with van der Waals surface area (Å²) in [5.41, 5.74) is 0. The number of amides is 1. The second kappa shape index (κ2) is 12.2. The van der Waals surface area contributed by atoms with E-state index in [4.69, 9.17) is 4.99 Å². The van der Waals surface area contributed by atoms with Crippen LogP contribution in [-0.4, -0.2) is 110 Å². The molecule has 7 heteroatoms. The summed E-state index contributed by atoms with van der Waals surface area (Å²) in [7, 11) is 0. The van der Waals surface area contributed by atoms with E-state index in [1.54, 1.807) is 0 Å². The third kappa shape index (κ3) is 7.30. The molecule has 0 aromatic carbocycles. The van der Waals surface area contributed by atoms with Gasteiger partial charge in [0.05, 0.1) is 13.1 Å². The predicted molar refractivity (Wildman–Crippen MR) is 112 cm³/mol. The van der Waals surface area contributed by atoms with Crippen molar-refractivity contribution >= 4 is 11.9 Å². The van der Waals surface area contributed by atoms with Gasteiger partial charge in [0.25, 0.3) is 0 Å². The van der Waals surface area contributed by atoms with Gasteiger partial charge in [0.2, 0.25) is 5.91 Å². The van der Waals surface area contributed by atoms with Crippen molar-refractivity contribution < 1.29 is 4.79 Å². The molecule has 0 spiro atoms. The van der Waals surface area contributed by atoms with Crippen molar-refractivity contribution in [1.82, 2.24) is 24.9 Å². The van der Waals surface area contributed by atoms with E-state index in [1.807, 2.05) is 4.90 Å². The SMILES string of the molecule is CCCN(CC)CCN=C(NCC)N1CCN(CC(=O)N2CCCC2)CC1. The van der Waals surface area contributed by atoms with Crippen molar-refractivity contribution in [3.05, 3.63) is 0 Å². The van der Waals surface area contributed by atoms with Gasteiger partial charge in [0.1, 0.15) is 0 Å². The average molecular weight is 381 g/mol. The standard InChI is InChI=1S/C20H40N6O/c1-4-10-23(6-3)13-9-22-20(21-5-2)26-16-14-24(15-17-26)18-19(27)25-11-7-8-12-25/h4-18H2,1-3H3,(H,21,22). The fourth-order valence-corrected chi connectivity index (χ4v) is 3.84. The molecule has 2 heterocycles. The fraction of sp³-hybridized carbons (Fsp3) is 0.900. The molecule has 0 saturated carbocycles. The normalized spacial score (nSPS) is 19.2. The zero-order valence-corrected chi connectivity index (χ0v) is 17.8. The Bertz CT molecular complexity index is 455. The second-order valence-electron chi connectivity index (χ2n) is 7.52. The first kappa shape index (κ1) is 22.0. The van der Waals surface area contributed by atoms with Crippen LogP contribution in [-0.2, 0) is 4.79 Å². The molecule has 2 fully saturated rings. The molecule has 27 heavy (non-hydrogen) atoms. The molecule has 0 unspecified atom stereocenters. The van der Waals surface area contributed by atoms with Crippen LogP contribution >= 0.6 is 0 Å². The van der Waals surface area contributed by atoms with E-state index < -0.39 is 0 Å². The van der Waals surface area contributed by atoms with Crippen LogP contribution in [0.3, 0.4) is 0 Å². The van der Waals surface area contributed by atoms with Crippen LogP contribution in [0.4, 0.5) is 0 Å². The second-order valence-corrected chi connectivity index (χ2v) is 7.52. The van der Waals surface area contributed by atoms with Gasteiger partial charge in [-0.2, -0.15) is 0 Å². The molecule has 0 aromatic heterocycles. The number of nitrogens with zero attached hydrogens (tertiary/aromatic N) is 5. The Morgan fingerprint density at radius 3 is 2.26 bits per heavy atom. The summed E-state index contributed by atoms with van der Waals surface area (Å²) in [5.74, 6) is 1.33. The quantitative estimate of drug-likeness (QED) is 0.476. The van der Waals surface area contributed by atoms with Crippen molar-refractivity contribution in [3.63, 3.8) is 0 Å². The van der Waals surface area contributed by atoms with Gasteiger partial charge in [-0.15, -0.1) is 0 Å². The van der Waals surface area contributed by atoms with Crippen LogP contribution in [0.5, 0.6) is 0 Å². The maximum Gasteiger partial charge on any atom is 0.236 e. The zero-order chi connectivity index (χ0) is 19.5. The first-order valence-corrected chi connectivity index (χ1v) is 10.9. The maximum absolute atomic E-state index is 12.3. The summed E-state index contributed by atoms with van der Waals surface area (Å²) in [5, 5.41) is 3.44. The monoisotopic (exact) mass is 380 g/mol. The third-order valence-electron chi connectivity index (χ3n) is 5.49. The lowest BCUT2D eigenvalue weighted by Crippen LogP contribution is -2.54. The van der Waals surface area contributed by atoms with E-state index >= 15 is 0 Å². The summed E-state index contributed by atoms with van der Waals surface area (Å²) < 4.78 is 0. The fourth-order valence-electron chi connectivity index (χ4n) is 3.84. The number of aliphatic imine (C=N–C) groups is 1. The minimum Gasteiger partial charge on any atom is -0.357 e. The van der Waals surface area contributed by atoms with Crippen LogP contribution in [0.2, 0.25) is 0 Å². The summed E-state index contributed by atoms with van der Waals surface area (Å²) in [4.78, 5) is 26.3. The van der Waals surface area contributed by atoms with E-state index in [-0.39, 0.29) is 0 Å². The number of hydrogen-bond donors (Lipinski definition) is 1. The van der Waals surface area contributed by atoms with Gasteiger partial charge in [-0.1, -0.05) is 13.8 Å². The predicted octanol–water partition coefficient (Wildman–Crippen LogP) is 0.924. The molecule has 0 bridgehead atoms. The smallest absolute Gasteiger partial charge is 0.236 e. The number of guanidine groups is 1. The Labute approximate surface area is 165 Å². The van der Waals surface area contributed by atoms with Crippen LogP contribution in [0.15, 0.2) is 4.99 Å². The molecule has 2 rings (SSSR count). The molecule has 1 N–H and O–H groups in total. The molecule has 7 nitrogen and oxygen atoms in total. The van der Waals surface area contributed by atoms with E-state index in [2.05, 4.69) is 40.8 Å². The van der Waals surface area contributed by atoms with Gasteiger partial charge in [0.15, 0.2) is 5.96 Å². The van der Waals surface area contributed by atoms with Crippen molar-refractivity contribution in [1.29, 1.82) is 0 Å². The van der Waals surface area contributed by atoms with Gasteiger partial charge in [-0.3, -0.25) is 14.7 Å². The number of nitrogens with one attached hydrogen (secondary N) is 1. The minimum absolute atomic E-state index is 0.303. The Morgan fingerprint density at radius 2 is 1.67 bits per heavy atom. The molecule has 1 amide bonds. The van der Waals surface area contributed by atoms with Crippen LogP contribution in [0.1, 0.15) is 40.0 Å². The Hall–Kier alpha value is -1.34. The van der Waals surface area contributed by atoms with E-state index in [1.165, 1.54) is 6.42 Å². The van der Waals surface area contributed by atoms with Gasteiger partial charge in [-0.25, -0.2) is 0 Å². The number of carbonyl (C=O) groups is 1. The summed E-state index contributed by atoms with van der Waals surface area (Å²) in [6, 6.07) is 0. The van der Waals surface area contributed by atoms with Gasteiger partial charge in [0, 0.05) is 52.4 Å². The zero-order valence-electron chi connectivity index (χ0n) is 17.8. The number of hydrogen-bond acceptors (Lipinski definition) is 4. The Morgan fingerprint density at radius 1 is 0.963 bits per heavy atom. The Kier molecular flexibility index (Phi) is 9.91. The number of carbonyl (C=O) groups excluding carboxylic acids is 1. The lowest BCUT2D eigenvalue weighted by Gasteiger charge is -2.36. The third-order valence-corrected chi connectivity index (χ3v) is 5.49. The highest BCUT2D eigenvalue weighted by molar-refractivity contribution is 5.80. The van der Waals surface area contributed by atoms with E-state index in [9.17, 15) is 4.79 Å². The number of likely N-dealkylation sites (N-methyl/N-ethyl adjacent to an activating group) is 1. The molecule has 0 radical (unpaired) electrons. The minimum atomic E-state index is 0.303. The lowest BCUT2D eigenvalue weighted by molar-refractivity contribution is -0.131. The number of piperazine rings is 1. The van der Waals surface area contributed by atoms with Gasteiger partial charge in [-0.05, 0) is 39.3 Å².